The number of hydrogen-bond acceptors (Lipinski definition) is 5. The number of rotatable bonds is 8. The van der Waals surface area contributed by atoms with Crippen molar-refractivity contribution in [1.29, 1.82) is 0 Å². The summed E-state index contributed by atoms with van der Waals surface area (Å²) in [7, 11) is -1.93. The molecule has 0 aliphatic heterocycles. The van der Waals surface area contributed by atoms with Crippen LogP contribution in [0.1, 0.15) is 20.3 Å². The van der Waals surface area contributed by atoms with Crippen molar-refractivity contribution in [2.75, 3.05) is 26.8 Å². The van der Waals surface area contributed by atoms with Gasteiger partial charge in [-0.15, -0.1) is 0 Å². The Morgan fingerprint density at radius 1 is 1.41 bits per heavy atom. The predicted molar refractivity (Wildman–Crippen MR) is 66.4 cm³/mol. The van der Waals surface area contributed by atoms with Crippen LogP contribution in [-0.2, 0) is 19.4 Å². The highest BCUT2D eigenvalue weighted by Gasteiger charge is 2.31. The van der Waals surface area contributed by atoms with Gasteiger partial charge < -0.3 is 15.8 Å². The van der Waals surface area contributed by atoms with E-state index in [4.69, 9.17) is 10.5 Å². The quantitative estimate of drug-likeness (QED) is 0.565. The first-order valence-electron chi connectivity index (χ1n) is 5.57. The van der Waals surface area contributed by atoms with E-state index in [2.05, 4.69) is 5.32 Å². The van der Waals surface area contributed by atoms with Crippen LogP contribution in [0.15, 0.2) is 0 Å². The number of nitrogens with one attached hydrogen (secondary N) is 1. The molecular formula is C10H22N2O4S. The molecular weight excluding hydrogens is 244 g/mol. The van der Waals surface area contributed by atoms with Gasteiger partial charge in [-0.1, -0.05) is 0 Å². The zero-order valence-corrected chi connectivity index (χ0v) is 11.4. The molecule has 2 unspecified atom stereocenters. The van der Waals surface area contributed by atoms with Crippen molar-refractivity contribution < 1.29 is 17.9 Å². The lowest BCUT2D eigenvalue weighted by atomic mass is 10.4. The molecule has 0 radical (unpaired) electrons. The summed E-state index contributed by atoms with van der Waals surface area (Å²) in [6, 6.07) is 0. The number of carbonyl (C=O) groups excluding carboxylic acids is 1. The van der Waals surface area contributed by atoms with Gasteiger partial charge in [0.1, 0.15) is 5.25 Å². The zero-order chi connectivity index (χ0) is 13.5. The summed E-state index contributed by atoms with van der Waals surface area (Å²) in [6.45, 7) is 3.84. The molecule has 0 fully saturated rings. The predicted octanol–water partition coefficient (Wildman–Crippen LogP) is -0.710. The highest BCUT2D eigenvalue weighted by atomic mass is 32.2. The van der Waals surface area contributed by atoms with Gasteiger partial charge in [0.25, 0.3) is 0 Å². The molecule has 0 aliphatic rings. The summed E-state index contributed by atoms with van der Waals surface area (Å²) >= 11 is 0. The van der Waals surface area contributed by atoms with Gasteiger partial charge in [0.05, 0.1) is 5.25 Å². The first-order chi connectivity index (χ1) is 7.87. The largest absolute Gasteiger partial charge is 0.385 e. The lowest BCUT2D eigenvalue weighted by Crippen LogP contribution is -2.43. The second kappa shape index (κ2) is 7.62. The van der Waals surface area contributed by atoms with Gasteiger partial charge in [0.2, 0.25) is 5.91 Å². The molecule has 3 N–H and O–H groups in total. The maximum atomic E-state index is 11.8. The third-order valence-electron chi connectivity index (χ3n) is 2.58. The van der Waals surface area contributed by atoms with E-state index in [0.29, 0.717) is 19.6 Å². The minimum absolute atomic E-state index is 0.0175. The van der Waals surface area contributed by atoms with Crippen molar-refractivity contribution in [2.24, 2.45) is 5.73 Å². The molecule has 0 aliphatic carbocycles. The molecule has 0 aromatic rings. The van der Waals surface area contributed by atoms with Crippen molar-refractivity contribution in [3.63, 3.8) is 0 Å². The summed E-state index contributed by atoms with van der Waals surface area (Å²) in [5.74, 6) is -0.485. The molecule has 0 saturated heterocycles. The van der Waals surface area contributed by atoms with E-state index in [1.165, 1.54) is 13.8 Å². The van der Waals surface area contributed by atoms with E-state index < -0.39 is 26.2 Å². The molecule has 2 atom stereocenters. The molecule has 1 amide bonds. The molecule has 0 saturated carbocycles. The standard InChI is InChI=1S/C10H22N2O4S/c1-8(7-11)17(14,15)9(2)10(13)12-5-4-6-16-3/h8-9H,4-7,11H2,1-3H3,(H,12,13). The normalized spacial score (nSPS) is 15.3. The van der Waals surface area contributed by atoms with Gasteiger partial charge in [-0.05, 0) is 20.3 Å². The number of ether oxygens (including phenoxy) is 1. The van der Waals surface area contributed by atoms with Crippen LogP contribution in [0.2, 0.25) is 0 Å². The van der Waals surface area contributed by atoms with E-state index in [1.54, 1.807) is 7.11 Å². The molecule has 0 rings (SSSR count). The third kappa shape index (κ3) is 5.01. The van der Waals surface area contributed by atoms with E-state index >= 15 is 0 Å². The Hall–Kier alpha value is -0.660. The van der Waals surface area contributed by atoms with Crippen LogP contribution in [0.25, 0.3) is 0 Å². The summed E-state index contributed by atoms with van der Waals surface area (Å²) < 4.78 is 28.5. The summed E-state index contributed by atoms with van der Waals surface area (Å²) in [4.78, 5) is 11.6. The van der Waals surface area contributed by atoms with Crippen molar-refractivity contribution >= 4 is 15.7 Å². The first-order valence-corrected chi connectivity index (χ1v) is 7.18. The maximum Gasteiger partial charge on any atom is 0.238 e. The van der Waals surface area contributed by atoms with Crippen LogP contribution in [0.3, 0.4) is 0 Å². The minimum Gasteiger partial charge on any atom is -0.385 e. The van der Waals surface area contributed by atoms with Crippen LogP contribution in [-0.4, -0.2) is 51.6 Å². The molecule has 0 bridgehead atoms. The SMILES string of the molecule is COCCCNC(=O)C(C)S(=O)(=O)C(C)CN. The third-order valence-corrected chi connectivity index (χ3v) is 5.09. The molecule has 0 heterocycles. The Morgan fingerprint density at radius 2 is 2.00 bits per heavy atom. The van der Waals surface area contributed by atoms with Crippen LogP contribution in [0.5, 0.6) is 0 Å². The lowest BCUT2D eigenvalue weighted by molar-refractivity contribution is -0.120. The smallest absolute Gasteiger partial charge is 0.238 e. The van der Waals surface area contributed by atoms with Crippen LogP contribution < -0.4 is 11.1 Å². The molecule has 7 heteroatoms. The van der Waals surface area contributed by atoms with Crippen LogP contribution in [0, 0.1) is 0 Å². The van der Waals surface area contributed by atoms with Gasteiger partial charge in [0, 0.05) is 26.8 Å². The molecule has 102 valence electrons. The molecule has 0 aromatic heterocycles. The Labute approximate surface area is 103 Å². The van der Waals surface area contributed by atoms with Gasteiger partial charge in [-0.2, -0.15) is 0 Å². The maximum absolute atomic E-state index is 11.8. The minimum atomic E-state index is -3.50. The lowest BCUT2D eigenvalue weighted by Gasteiger charge is -2.17. The van der Waals surface area contributed by atoms with Crippen molar-refractivity contribution in [1.82, 2.24) is 5.32 Å². The fourth-order valence-electron chi connectivity index (χ4n) is 1.20. The number of nitrogens with two attached hydrogens (primary N) is 1. The number of methoxy groups -OCH3 is 1. The Balaban J connectivity index is 4.30. The topological polar surface area (TPSA) is 98.5 Å². The van der Waals surface area contributed by atoms with E-state index in [9.17, 15) is 13.2 Å². The fourth-order valence-corrected chi connectivity index (χ4v) is 2.55. The number of carbonyl (C=O) groups is 1. The van der Waals surface area contributed by atoms with Crippen LogP contribution >= 0.6 is 0 Å². The van der Waals surface area contributed by atoms with Crippen molar-refractivity contribution in [3.8, 4) is 0 Å². The number of hydrogen-bond donors (Lipinski definition) is 2. The van der Waals surface area contributed by atoms with Gasteiger partial charge >= 0.3 is 0 Å². The fraction of sp³-hybridized carbons (Fsp3) is 0.900. The Kier molecular flexibility index (Phi) is 7.33. The molecule has 0 aromatic carbocycles. The highest BCUT2D eigenvalue weighted by molar-refractivity contribution is 7.93. The molecule has 17 heavy (non-hydrogen) atoms. The van der Waals surface area contributed by atoms with Gasteiger partial charge in [-0.25, -0.2) is 8.42 Å². The monoisotopic (exact) mass is 266 g/mol. The van der Waals surface area contributed by atoms with Crippen LogP contribution in [0.4, 0.5) is 0 Å². The van der Waals surface area contributed by atoms with E-state index in [1.807, 2.05) is 0 Å². The average molecular weight is 266 g/mol. The van der Waals surface area contributed by atoms with Gasteiger partial charge in [-0.3, -0.25) is 4.79 Å². The Morgan fingerprint density at radius 3 is 2.47 bits per heavy atom. The second-order valence-corrected chi connectivity index (χ2v) is 6.60. The average Bonchev–Trinajstić information content (AvgIpc) is 2.32. The summed E-state index contributed by atoms with van der Waals surface area (Å²) in [5.41, 5.74) is 5.31. The first kappa shape index (κ1) is 16.3. The summed E-state index contributed by atoms with van der Waals surface area (Å²) in [6.07, 6.45) is 0.654. The highest BCUT2D eigenvalue weighted by Crippen LogP contribution is 2.08. The molecule has 6 nitrogen and oxygen atoms in total. The van der Waals surface area contributed by atoms with E-state index in [-0.39, 0.29) is 6.54 Å². The second-order valence-electron chi connectivity index (χ2n) is 3.91. The summed E-state index contributed by atoms with van der Waals surface area (Å²) in [5, 5.41) is 0.791. The van der Waals surface area contributed by atoms with Gasteiger partial charge in [0.15, 0.2) is 9.84 Å². The van der Waals surface area contributed by atoms with Crippen molar-refractivity contribution in [3.05, 3.63) is 0 Å². The Bertz CT molecular complexity index is 329. The number of sulfone groups is 1. The van der Waals surface area contributed by atoms with Crippen molar-refractivity contribution in [2.45, 2.75) is 30.8 Å². The number of amides is 1. The molecule has 0 spiro atoms. The van der Waals surface area contributed by atoms with E-state index in [0.717, 1.165) is 0 Å². The zero-order valence-electron chi connectivity index (χ0n) is 10.6.